The van der Waals surface area contributed by atoms with E-state index in [-0.39, 0.29) is 51.4 Å². The number of rotatable bonds is 0. The van der Waals surface area contributed by atoms with E-state index in [0.29, 0.717) is 0 Å². The molecule has 0 unspecified atom stereocenters. The average molecular weight is 226 g/mol. The Morgan fingerprint density at radius 3 is 0.538 bits per heavy atom. The molecule has 13 heavy (non-hydrogen) atoms. The molecule has 0 aromatic carbocycles. The molecule has 0 aliphatic heterocycles. The normalized spacial score (nSPS) is 5.54. The summed E-state index contributed by atoms with van der Waals surface area (Å²) in [6.45, 7) is 0. The van der Waals surface area contributed by atoms with E-state index in [1.54, 1.807) is 0 Å². The monoisotopic (exact) mass is 226 g/mol. The Labute approximate surface area is 114 Å². The van der Waals surface area contributed by atoms with Gasteiger partial charge in [-0.25, -0.2) is 14.4 Å². The number of carbonyl (C=O) groups is 3. The minimum absolute atomic E-state index is 0. The van der Waals surface area contributed by atoms with Gasteiger partial charge < -0.3 is 30.6 Å². The van der Waals surface area contributed by atoms with Gasteiger partial charge in [0.05, 0.1) is 0 Å². The molecule has 0 fully saturated rings. The Hall–Kier alpha value is -0.554. The molecule has 0 bridgehead atoms. The van der Waals surface area contributed by atoms with E-state index in [4.69, 9.17) is 45.0 Å². The fourth-order valence-corrected chi connectivity index (χ4v) is 0. The van der Waals surface area contributed by atoms with Gasteiger partial charge in [0.1, 0.15) is 0 Å². The van der Waals surface area contributed by atoms with Crippen molar-refractivity contribution < 1.29 is 45.0 Å². The van der Waals surface area contributed by atoms with Gasteiger partial charge in [-0.1, -0.05) is 0 Å². The van der Waals surface area contributed by atoms with Crippen molar-refractivity contribution >= 4 is 69.9 Å². The summed E-state index contributed by atoms with van der Waals surface area (Å²) < 4.78 is 0. The van der Waals surface area contributed by atoms with Gasteiger partial charge in [-0.3, -0.25) is 0 Å². The maximum atomic E-state index is 8.56. The molecular formula is C3H7KO9. The van der Waals surface area contributed by atoms with Crippen molar-refractivity contribution in [3.05, 3.63) is 0 Å². The number of hydrogen-bond donors (Lipinski definition) is 6. The molecule has 0 aromatic rings. The Kier molecular flexibility index (Phi) is 30.8. The Bertz CT molecular complexity index is 112. The zero-order valence-electron chi connectivity index (χ0n) is 5.41. The van der Waals surface area contributed by atoms with Crippen molar-refractivity contribution in [1.82, 2.24) is 0 Å². The van der Waals surface area contributed by atoms with Gasteiger partial charge in [0, 0.05) is 0 Å². The molecule has 0 aromatic heterocycles. The summed E-state index contributed by atoms with van der Waals surface area (Å²) in [5.74, 6) is 0. The summed E-state index contributed by atoms with van der Waals surface area (Å²) in [4.78, 5) is 25.7. The molecule has 0 atom stereocenters. The van der Waals surface area contributed by atoms with Crippen molar-refractivity contribution in [2.45, 2.75) is 0 Å². The molecule has 0 spiro atoms. The van der Waals surface area contributed by atoms with Crippen LogP contribution in [0.15, 0.2) is 0 Å². The molecule has 74 valence electrons. The van der Waals surface area contributed by atoms with Crippen LogP contribution in [0.3, 0.4) is 0 Å². The molecule has 0 radical (unpaired) electrons. The van der Waals surface area contributed by atoms with Crippen LogP contribution in [0.25, 0.3) is 0 Å². The summed E-state index contributed by atoms with van der Waals surface area (Å²) in [5.41, 5.74) is 0. The van der Waals surface area contributed by atoms with Crippen molar-refractivity contribution in [2.24, 2.45) is 0 Å². The van der Waals surface area contributed by atoms with Crippen molar-refractivity contribution in [1.29, 1.82) is 0 Å². The van der Waals surface area contributed by atoms with Crippen LogP contribution in [0.5, 0.6) is 0 Å². The zero-order chi connectivity index (χ0) is 10.7. The summed E-state index contributed by atoms with van der Waals surface area (Å²) in [7, 11) is 0. The molecule has 6 N–H and O–H groups in total. The van der Waals surface area contributed by atoms with Crippen LogP contribution in [0.4, 0.5) is 14.4 Å². The van der Waals surface area contributed by atoms with Gasteiger partial charge in [0.15, 0.2) is 0 Å². The molecule has 0 amide bonds. The van der Waals surface area contributed by atoms with Crippen molar-refractivity contribution in [2.75, 3.05) is 0 Å². The van der Waals surface area contributed by atoms with E-state index >= 15 is 0 Å². The predicted octanol–water partition coefficient (Wildman–Crippen LogP) is 0.0187. The van der Waals surface area contributed by atoms with Crippen LogP contribution < -0.4 is 0 Å². The van der Waals surface area contributed by atoms with Crippen LogP contribution >= 0.6 is 0 Å². The molecular weight excluding hydrogens is 219 g/mol. The van der Waals surface area contributed by atoms with E-state index < -0.39 is 18.5 Å². The Morgan fingerprint density at radius 1 is 0.538 bits per heavy atom. The first-order chi connectivity index (χ1) is 5.20. The van der Waals surface area contributed by atoms with E-state index in [1.165, 1.54) is 0 Å². The topological polar surface area (TPSA) is 173 Å². The number of carboxylic acid groups (broad SMARTS) is 6. The fourth-order valence-electron chi connectivity index (χ4n) is 0. The van der Waals surface area contributed by atoms with Crippen LogP contribution in [0.2, 0.25) is 0 Å². The van der Waals surface area contributed by atoms with Gasteiger partial charge in [-0.2, -0.15) is 0 Å². The molecule has 0 saturated heterocycles. The molecule has 0 aliphatic rings. The fraction of sp³-hybridized carbons (Fsp3) is 0. The molecule has 0 saturated carbocycles. The predicted molar refractivity (Wildman–Crippen MR) is 39.1 cm³/mol. The first-order valence-electron chi connectivity index (χ1n) is 1.95. The summed E-state index contributed by atoms with van der Waals surface area (Å²) >= 11 is 0. The van der Waals surface area contributed by atoms with Gasteiger partial charge in [-0.05, 0) is 0 Å². The average Bonchev–Trinajstić information content (AvgIpc) is 1.54. The summed E-state index contributed by atoms with van der Waals surface area (Å²) in [5, 5.41) is 41.8. The minimum atomic E-state index is -1.83. The second-order valence-electron chi connectivity index (χ2n) is 0.848. The van der Waals surface area contributed by atoms with Crippen molar-refractivity contribution in [3.63, 3.8) is 0 Å². The molecule has 0 aliphatic carbocycles. The molecule has 10 heteroatoms. The van der Waals surface area contributed by atoms with Gasteiger partial charge in [0.2, 0.25) is 0 Å². The van der Waals surface area contributed by atoms with E-state index in [9.17, 15) is 0 Å². The Balaban J connectivity index is -0.0000000450. The van der Waals surface area contributed by atoms with Crippen molar-refractivity contribution in [3.8, 4) is 0 Å². The van der Waals surface area contributed by atoms with E-state index in [0.717, 1.165) is 0 Å². The second-order valence-corrected chi connectivity index (χ2v) is 0.848. The first kappa shape index (κ1) is 22.9. The van der Waals surface area contributed by atoms with Crippen LogP contribution in [-0.2, 0) is 0 Å². The SMILES string of the molecule is O=C(O)O.O=C(O)O.O=C(O)O.[KH]. The van der Waals surface area contributed by atoms with Crippen LogP contribution in [0, 0.1) is 0 Å². The van der Waals surface area contributed by atoms with Gasteiger partial charge >= 0.3 is 69.9 Å². The maximum absolute atomic E-state index is 8.56. The third-order valence-corrected chi connectivity index (χ3v) is 0. The van der Waals surface area contributed by atoms with E-state index in [2.05, 4.69) is 0 Å². The van der Waals surface area contributed by atoms with Gasteiger partial charge in [-0.15, -0.1) is 0 Å². The zero-order valence-corrected chi connectivity index (χ0v) is 5.41. The molecule has 0 rings (SSSR count). The third-order valence-electron chi connectivity index (χ3n) is 0. The summed E-state index contributed by atoms with van der Waals surface area (Å²) in [6, 6.07) is 0. The third kappa shape index (κ3) is 3330. The van der Waals surface area contributed by atoms with E-state index in [1.807, 2.05) is 0 Å². The second kappa shape index (κ2) is 17.5. The summed E-state index contributed by atoms with van der Waals surface area (Å²) in [6.07, 6.45) is -5.50. The molecule has 0 heterocycles. The van der Waals surface area contributed by atoms with Gasteiger partial charge in [0.25, 0.3) is 0 Å². The Morgan fingerprint density at radius 2 is 0.538 bits per heavy atom. The number of hydrogen-bond acceptors (Lipinski definition) is 3. The standard InChI is InChI=1S/3CH2O3.K.H/c3*2-1(3)4;;/h3*(H2,2,3,4);;. The quantitative estimate of drug-likeness (QED) is 0.311. The molecule has 9 nitrogen and oxygen atoms in total. The van der Waals surface area contributed by atoms with Crippen LogP contribution in [-0.4, -0.2) is 100 Å². The van der Waals surface area contributed by atoms with Crippen LogP contribution in [0.1, 0.15) is 0 Å². The first-order valence-corrected chi connectivity index (χ1v) is 1.95.